The molecule has 8 heteroatoms. The number of halogens is 2. The van der Waals surface area contributed by atoms with Gasteiger partial charge < -0.3 is 16.2 Å². The lowest BCUT2D eigenvalue weighted by Gasteiger charge is -2.13. The maximum Gasteiger partial charge on any atom is 0.410 e. The maximum atomic E-state index is 14.7. The van der Waals surface area contributed by atoms with E-state index in [0.717, 1.165) is 0 Å². The van der Waals surface area contributed by atoms with Crippen LogP contribution in [0.25, 0.3) is 21.9 Å². The molecule has 24 heavy (non-hydrogen) atoms. The van der Waals surface area contributed by atoms with E-state index in [-0.39, 0.29) is 22.2 Å². The van der Waals surface area contributed by atoms with Crippen LogP contribution < -0.4 is 16.2 Å². The van der Waals surface area contributed by atoms with Crippen molar-refractivity contribution >= 4 is 34.3 Å². The van der Waals surface area contributed by atoms with Crippen LogP contribution in [-0.2, 0) is 0 Å². The zero-order chi connectivity index (χ0) is 17.4. The van der Waals surface area contributed by atoms with Crippen molar-refractivity contribution in [1.82, 2.24) is 9.97 Å². The number of ether oxygens (including phenoxy) is 1. The van der Waals surface area contributed by atoms with Crippen LogP contribution >= 0.6 is 11.6 Å². The third-order valence-corrected chi connectivity index (χ3v) is 3.96. The van der Waals surface area contributed by atoms with Crippen molar-refractivity contribution in [2.45, 2.75) is 6.92 Å². The monoisotopic (exact) mass is 346 g/mol. The van der Waals surface area contributed by atoms with Crippen LogP contribution in [0.4, 0.5) is 15.0 Å². The molecule has 0 radical (unpaired) electrons. The molecule has 6 nitrogen and oxygen atoms in total. The largest absolute Gasteiger partial charge is 0.410 e. The molecular formula is C16H12ClFN4O2. The Morgan fingerprint density at radius 1 is 1.25 bits per heavy atom. The first-order valence-electron chi connectivity index (χ1n) is 6.84. The number of carbonyl (C=O) groups excluding carboxylic acids is 1. The Kier molecular flexibility index (Phi) is 3.94. The highest BCUT2D eigenvalue weighted by Gasteiger charge is 2.18. The Bertz CT molecular complexity index is 978. The summed E-state index contributed by atoms with van der Waals surface area (Å²) in [6, 6.07) is 3.18. The van der Waals surface area contributed by atoms with E-state index in [1.165, 1.54) is 18.6 Å². The van der Waals surface area contributed by atoms with Crippen molar-refractivity contribution in [3.63, 3.8) is 0 Å². The number of nitrogen functional groups attached to an aromatic ring is 1. The summed E-state index contributed by atoms with van der Waals surface area (Å²) in [5.74, 6) is -0.196. The minimum Gasteiger partial charge on any atom is -0.409 e. The average molecular weight is 347 g/mol. The van der Waals surface area contributed by atoms with E-state index in [1.807, 2.05) is 0 Å². The quantitative estimate of drug-likeness (QED) is 0.739. The van der Waals surface area contributed by atoms with Gasteiger partial charge in [0, 0.05) is 34.5 Å². The molecule has 0 spiro atoms. The van der Waals surface area contributed by atoms with Gasteiger partial charge in [-0.25, -0.2) is 14.2 Å². The molecule has 0 unspecified atom stereocenters. The van der Waals surface area contributed by atoms with Gasteiger partial charge in [0.25, 0.3) is 0 Å². The number of amides is 1. The van der Waals surface area contributed by atoms with Gasteiger partial charge in [-0.3, -0.25) is 4.98 Å². The van der Waals surface area contributed by atoms with Gasteiger partial charge in [0.2, 0.25) is 0 Å². The van der Waals surface area contributed by atoms with Gasteiger partial charge in [0.1, 0.15) is 11.6 Å². The van der Waals surface area contributed by atoms with Crippen LogP contribution in [0.15, 0.2) is 30.7 Å². The van der Waals surface area contributed by atoms with Gasteiger partial charge in [0.15, 0.2) is 5.75 Å². The fraction of sp³-hybridized carbons (Fsp3) is 0.0625. The van der Waals surface area contributed by atoms with Gasteiger partial charge in [-0.15, -0.1) is 0 Å². The summed E-state index contributed by atoms with van der Waals surface area (Å²) in [5, 5.41) is 1.00. The van der Waals surface area contributed by atoms with Gasteiger partial charge >= 0.3 is 6.09 Å². The van der Waals surface area contributed by atoms with Crippen molar-refractivity contribution in [3.8, 4) is 16.9 Å². The summed E-state index contributed by atoms with van der Waals surface area (Å²) < 4.78 is 19.6. The zero-order valence-electron chi connectivity index (χ0n) is 12.5. The SMILES string of the molecule is Cc1c(OC(N)=O)cncc1-c1cc2cc(N)ncc2c(Cl)c1F. The van der Waals surface area contributed by atoms with Crippen LogP contribution in [0.1, 0.15) is 5.56 Å². The Balaban J connectivity index is 2.26. The van der Waals surface area contributed by atoms with E-state index in [0.29, 0.717) is 21.9 Å². The van der Waals surface area contributed by atoms with Crippen LogP contribution in [0, 0.1) is 12.7 Å². The maximum absolute atomic E-state index is 14.7. The second-order valence-electron chi connectivity index (χ2n) is 5.11. The molecule has 122 valence electrons. The topological polar surface area (TPSA) is 104 Å². The number of hydrogen-bond donors (Lipinski definition) is 2. The lowest BCUT2D eigenvalue weighted by atomic mass is 9.99. The molecule has 0 bridgehead atoms. The molecule has 4 N–H and O–H groups in total. The first-order valence-corrected chi connectivity index (χ1v) is 7.21. The molecule has 1 amide bonds. The normalized spacial score (nSPS) is 10.8. The van der Waals surface area contributed by atoms with Crippen LogP contribution in [-0.4, -0.2) is 16.1 Å². The molecule has 2 aromatic heterocycles. The molecule has 0 atom stereocenters. The minimum atomic E-state index is -0.979. The van der Waals surface area contributed by atoms with Gasteiger partial charge in [-0.2, -0.15) is 0 Å². The molecule has 0 aliphatic heterocycles. The molecule has 0 aliphatic rings. The van der Waals surface area contributed by atoms with Gasteiger partial charge in [-0.05, 0) is 24.4 Å². The summed E-state index contributed by atoms with van der Waals surface area (Å²) >= 11 is 6.13. The van der Waals surface area contributed by atoms with E-state index < -0.39 is 11.9 Å². The molecule has 3 rings (SSSR count). The molecular weight excluding hydrogens is 335 g/mol. The number of nitrogens with zero attached hydrogens (tertiary/aromatic N) is 2. The van der Waals surface area contributed by atoms with Crippen molar-refractivity contribution in [1.29, 1.82) is 0 Å². The average Bonchev–Trinajstić information content (AvgIpc) is 2.52. The molecule has 0 fully saturated rings. The van der Waals surface area contributed by atoms with E-state index in [2.05, 4.69) is 9.97 Å². The number of primary amides is 1. The first-order chi connectivity index (χ1) is 11.4. The molecule has 1 aromatic carbocycles. The number of fused-ring (bicyclic) bond motifs is 1. The predicted octanol–water partition coefficient (Wildman–Crippen LogP) is 3.44. The number of aromatic nitrogens is 2. The van der Waals surface area contributed by atoms with Crippen molar-refractivity contribution < 1.29 is 13.9 Å². The zero-order valence-corrected chi connectivity index (χ0v) is 13.3. The van der Waals surface area contributed by atoms with Crippen molar-refractivity contribution in [2.75, 3.05) is 5.73 Å². The Morgan fingerprint density at radius 3 is 2.71 bits per heavy atom. The standard InChI is InChI=1S/C16H12ClFN4O2/c1-7-10(4-21-6-12(7)24-16(20)23)9-2-8-3-13(19)22-5-11(8)14(17)15(9)18/h2-6H,1H3,(H2,19,22)(H2,20,23). The van der Waals surface area contributed by atoms with Gasteiger partial charge in [-0.1, -0.05) is 11.6 Å². The number of pyridine rings is 2. The number of rotatable bonds is 2. The second kappa shape index (κ2) is 5.93. The summed E-state index contributed by atoms with van der Waals surface area (Å²) in [7, 11) is 0. The molecule has 0 saturated heterocycles. The summed E-state index contributed by atoms with van der Waals surface area (Å²) in [4.78, 5) is 18.8. The summed E-state index contributed by atoms with van der Waals surface area (Å²) in [6.07, 6.45) is 3.21. The lowest BCUT2D eigenvalue weighted by Crippen LogP contribution is -2.17. The Labute approximate surface area is 141 Å². The molecule has 2 heterocycles. The minimum absolute atomic E-state index is 0.0735. The van der Waals surface area contributed by atoms with E-state index in [4.69, 9.17) is 27.8 Å². The summed E-state index contributed by atoms with van der Waals surface area (Å²) in [5.41, 5.74) is 11.8. The van der Waals surface area contributed by atoms with Crippen LogP contribution in [0.5, 0.6) is 5.75 Å². The fourth-order valence-electron chi connectivity index (χ4n) is 2.43. The Morgan fingerprint density at radius 2 is 2.00 bits per heavy atom. The highest BCUT2D eigenvalue weighted by atomic mass is 35.5. The summed E-state index contributed by atoms with van der Waals surface area (Å²) in [6.45, 7) is 1.66. The molecule has 0 saturated carbocycles. The predicted molar refractivity (Wildman–Crippen MR) is 89.3 cm³/mol. The van der Waals surface area contributed by atoms with E-state index in [9.17, 15) is 9.18 Å². The third-order valence-electron chi connectivity index (χ3n) is 3.59. The number of benzene rings is 1. The smallest absolute Gasteiger partial charge is 0.409 e. The second-order valence-corrected chi connectivity index (χ2v) is 5.49. The molecule has 3 aromatic rings. The number of carbonyl (C=O) groups is 1. The van der Waals surface area contributed by atoms with Crippen molar-refractivity contribution in [2.24, 2.45) is 5.73 Å². The highest BCUT2D eigenvalue weighted by Crippen LogP contribution is 2.37. The van der Waals surface area contributed by atoms with E-state index in [1.54, 1.807) is 19.1 Å². The first kappa shape index (κ1) is 15.9. The molecule has 0 aliphatic carbocycles. The number of nitrogens with two attached hydrogens (primary N) is 2. The number of hydrogen-bond acceptors (Lipinski definition) is 5. The van der Waals surface area contributed by atoms with Crippen molar-refractivity contribution in [3.05, 3.63) is 47.1 Å². The third kappa shape index (κ3) is 2.69. The Hall–Kier alpha value is -2.93. The van der Waals surface area contributed by atoms with E-state index >= 15 is 0 Å². The fourth-order valence-corrected chi connectivity index (χ4v) is 2.69. The van der Waals surface area contributed by atoms with Crippen LogP contribution in [0.2, 0.25) is 5.02 Å². The lowest BCUT2D eigenvalue weighted by molar-refractivity contribution is 0.210. The highest BCUT2D eigenvalue weighted by molar-refractivity contribution is 6.36. The van der Waals surface area contributed by atoms with Crippen LogP contribution in [0.3, 0.4) is 0 Å². The number of anilines is 1. The van der Waals surface area contributed by atoms with Gasteiger partial charge in [0.05, 0.1) is 11.2 Å².